The minimum atomic E-state index is 0.585. The van der Waals surface area contributed by atoms with Gasteiger partial charge in [0.1, 0.15) is 6.29 Å². The Morgan fingerprint density at radius 3 is 2.20 bits per heavy atom. The molecule has 0 fully saturated rings. The lowest BCUT2D eigenvalue weighted by Gasteiger charge is -1.78. The Morgan fingerprint density at radius 1 is 0.933 bits per heavy atom. The largest absolute Gasteiger partial charge is 0.303 e. The van der Waals surface area contributed by atoms with Gasteiger partial charge < -0.3 is 4.79 Å². The number of aldehydes is 1. The van der Waals surface area contributed by atoms with Crippen molar-refractivity contribution in [2.24, 2.45) is 0 Å². The fourth-order valence-corrected chi connectivity index (χ4v) is 0.754. The average Bonchev–Trinajstić information content (AvgIpc) is 2.26. The fraction of sp³-hybridized carbons (Fsp3) is 0.214. The number of carbonyl (C=O) groups excluding carboxylic acids is 1. The minimum Gasteiger partial charge on any atom is -0.303 e. The Hall–Kier alpha value is -1.81. The van der Waals surface area contributed by atoms with Crippen molar-refractivity contribution in [2.75, 3.05) is 0 Å². The lowest BCUT2D eigenvalue weighted by Crippen LogP contribution is -1.68. The molecule has 0 aromatic rings. The van der Waals surface area contributed by atoms with Gasteiger partial charge in [0.2, 0.25) is 0 Å². The van der Waals surface area contributed by atoms with E-state index in [-0.39, 0.29) is 0 Å². The molecule has 0 bridgehead atoms. The molecule has 0 amide bonds. The molecule has 0 rings (SSSR count). The molecule has 0 radical (unpaired) electrons. The first-order chi connectivity index (χ1) is 7.41. The summed E-state index contributed by atoms with van der Waals surface area (Å²) in [7, 11) is 0. The molecule has 0 aliphatic heterocycles. The quantitative estimate of drug-likeness (QED) is 0.288. The van der Waals surface area contributed by atoms with E-state index in [1.165, 1.54) is 0 Å². The van der Waals surface area contributed by atoms with Gasteiger partial charge in [0.15, 0.2) is 0 Å². The molecule has 15 heavy (non-hydrogen) atoms. The summed E-state index contributed by atoms with van der Waals surface area (Å²) in [5.41, 5.74) is 0. The molecule has 1 nitrogen and oxygen atoms in total. The van der Waals surface area contributed by atoms with Gasteiger partial charge in [-0.05, 0) is 25.5 Å². The number of hydrogen-bond acceptors (Lipinski definition) is 1. The second-order valence-electron chi connectivity index (χ2n) is 2.70. The summed E-state index contributed by atoms with van der Waals surface area (Å²) < 4.78 is 0. The highest BCUT2D eigenvalue weighted by Gasteiger charge is 1.74. The third kappa shape index (κ3) is 12.2. The van der Waals surface area contributed by atoms with Crippen molar-refractivity contribution in [2.45, 2.75) is 19.8 Å². The normalized spacial score (nSPS) is 11.5. The van der Waals surface area contributed by atoms with Gasteiger partial charge in [-0.3, -0.25) is 0 Å². The summed E-state index contributed by atoms with van der Waals surface area (Å²) in [5.74, 6) is 5.73. The van der Waals surface area contributed by atoms with Gasteiger partial charge in [0.25, 0.3) is 0 Å². The zero-order chi connectivity index (χ0) is 11.2. The first kappa shape index (κ1) is 13.2. The van der Waals surface area contributed by atoms with E-state index in [0.717, 1.165) is 12.7 Å². The SMILES string of the molecule is C/C=C/C=C/C#C/C=C/C=C/CCC=O. The maximum atomic E-state index is 9.98. The number of allylic oxidation sites excluding steroid dienone is 8. The average molecular weight is 200 g/mol. The Morgan fingerprint density at radius 2 is 1.60 bits per heavy atom. The van der Waals surface area contributed by atoms with Crippen LogP contribution in [0.15, 0.2) is 48.6 Å². The topological polar surface area (TPSA) is 17.1 Å². The van der Waals surface area contributed by atoms with E-state index in [1.54, 1.807) is 12.2 Å². The van der Waals surface area contributed by atoms with Crippen LogP contribution in [0.3, 0.4) is 0 Å². The minimum absolute atomic E-state index is 0.585. The van der Waals surface area contributed by atoms with Crippen LogP contribution < -0.4 is 0 Å². The van der Waals surface area contributed by atoms with Gasteiger partial charge in [0.05, 0.1) is 0 Å². The van der Waals surface area contributed by atoms with Gasteiger partial charge in [-0.25, -0.2) is 0 Å². The lowest BCUT2D eigenvalue weighted by atomic mass is 10.3. The van der Waals surface area contributed by atoms with Crippen molar-refractivity contribution in [1.82, 2.24) is 0 Å². The molecule has 78 valence electrons. The molecule has 0 atom stereocenters. The monoisotopic (exact) mass is 200 g/mol. The van der Waals surface area contributed by atoms with Gasteiger partial charge >= 0.3 is 0 Å². The molecule has 0 aliphatic rings. The molecule has 1 heteroatoms. The van der Waals surface area contributed by atoms with Crippen LogP contribution in [-0.2, 0) is 4.79 Å². The molecule has 0 aromatic heterocycles. The van der Waals surface area contributed by atoms with Crippen LogP contribution in [-0.4, -0.2) is 6.29 Å². The molecular weight excluding hydrogens is 184 g/mol. The first-order valence-corrected chi connectivity index (χ1v) is 4.96. The molecule has 0 aliphatic carbocycles. The lowest BCUT2D eigenvalue weighted by molar-refractivity contribution is -0.107. The molecule has 0 N–H and O–H groups in total. The number of rotatable bonds is 5. The Kier molecular flexibility index (Phi) is 10.7. The molecule has 0 spiro atoms. The standard InChI is InChI=1S/C14H16O/c1-2-3-4-5-6-7-8-9-10-11-12-13-14-15/h2-5,8-11,14H,12-13H2,1H3/b3-2+,5-4+,9-8+,11-10+. The molecule has 0 aromatic carbocycles. The fourth-order valence-electron chi connectivity index (χ4n) is 0.754. The smallest absolute Gasteiger partial charge is 0.120 e. The second kappa shape index (κ2) is 12.2. The summed E-state index contributed by atoms with van der Waals surface area (Å²) in [4.78, 5) is 9.98. The third-order valence-electron chi connectivity index (χ3n) is 1.44. The number of hydrogen-bond donors (Lipinski definition) is 0. The highest BCUT2D eigenvalue weighted by atomic mass is 16.1. The van der Waals surface area contributed by atoms with Crippen molar-refractivity contribution in [1.29, 1.82) is 0 Å². The van der Waals surface area contributed by atoms with Crippen LogP contribution in [0.5, 0.6) is 0 Å². The molecule has 0 unspecified atom stereocenters. The summed E-state index contributed by atoms with van der Waals surface area (Å²) >= 11 is 0. The highest BCUT2D eigenvalue weighted by Crippen LogP contribution is 1.87. The van der Waals surface area contributed by atoms with Crippen LogP contribution in [0.25, 0.3) is 0 Å². The molecule has 0 saturated heterocycles. The van der Waals surface area contributed by atoms with Crippen LogP contribution in [0.4, 0.5) is 0 Å². The van der Waals surface area contributed by atoms with Crippen LogP contribution >= 0.6 is 0 Å². The van der Waals surface area contributed by atoms with E-state index in [0.29, 0.717) is 6.42 Å². The van der Waals surface area contributed by atoms with E-state index in [9.17, 15) is 4.79 Å². The van der Waals surface area contributed by atoms with E-state index in [4.69, 9.17) is 0 Å². The summed E-state index contributed by atoms with van der Waals surface area (Å²) in [6, 6.07) is 0. The Labute approximate surface area is 91.9 Å². The Bertz CT molecular complexity index is 319. The number of carbonyl (C=O) groups is 1. The van der Waals surface area contributed by atoms with E-state index in [1.807, 2.05) is 43.4 Å². The van der Waals surface area contributed by atoms with Gasteiger partial charge in [-0.2, -0.15) is 0 Å². The second-order valence-corrected chi connectivity index (χ2v) is 2.70. The molecule has 0 saturated carbocycles. The zero-order valence-corrected chi connectivity index (χ0v) is 9.02. The third-order valence-corrected chi connectivity index (χ3v) is 1.44. The van der Waals surface area contributed by atoms with Gasteiger partial charge in [-0.1, -0.05) is 48.3 Å². The maximum Gasteiger partial charge on any atom is 0.120 e. The van der Waals surface area contributed by atoms with Crippen molar-refractivity contribution >= 4 is 6.29 Å². The molecular formula is C14H16O. The van der Waals surface area contributed by atoms with Gasteiger partial charge in [0, 0.05) is 6.42 Å². The van der Waals surface area contributed by atoms with Crippen molar-refractivity contribution < 1.29 is 4.79 Å². The Balaban J connectivity index is 3.69. The first-order valence-electron chi connectivity index (χ1n) is 4.96. The predicted molar refractivity (Wildman–Crippen MR) is 65.3 cm³/mol. The summed E-state index contributed by atoms with van der Waals surface area (Å²) in [5, 5.41) is 0. The van der Waals surface area contributed by atoms with E-state index < -0.39 is 0 Å². The summed E-state index contributed by atoms with van der Waals surface area (Å²) in [6.45, 7) is 1.96. The van der Waals surface area contributed by atoms with Crippen molar-refractivity contribution in [3.8, 4) is 11.8 Å². The van der Waals surface area contributed by atoms with Crippen LogP contribution in [0, 0.1) is 11.8 Å². The van der Waals surface area contributed by atoms with Crippen LogP contribution in [0.2, 0.25) is 0 Å². The molecule has 0 heterocycles. The maximum absolute atomic E-state index is 9.98. The van der Waals surface area contributed by atoms with Gasteiger partial charge in [-0.15, -0.1) is 0 Å². The zero-order valence-electron chi connectivity index (χ0n) is 9.02. The highest BCUT2D eigenvalue weighted by molar-refractivity contribution is 5.49. The predicted octanol–water partition coefficient (Wildman–Crippen LogP) is 3.21. The number of unbranched alkanes of at least 4 members (excludes halogenated alkanes) is 1. The van der Waals surface area contributed by atoms with Crippen molar-refractivity contribution in [3.05, 3.63) is 48.6 Å². The van der Waals surface area contributed by atoms with Crippen LogP contribution in [0.1, 0.15) is 19.8 Å². The van der Waals surface area contributed by atoms with Crippen molar-refractivity contribution in [3.63, 3.8) is 0 Å². The van der Waals surface area contributed by atoms with E-state index in [2.05, 4.69) is 11.8 Å². The van der Waals surface area contributed by atoms with E-state index >= 15 is 0 Å². The summed E-state index contributed by atoms with van der Waals surface area (Å²) in [6.07, 6.45) is 17.3.